The van der Waals surface area contributed by atoms with E-state index in [1.807, 2.05) is 6.07 Å². The number of rotatable bonds is 3. The standard InChI is InChI=1S/C9H12O3/c10-6-8(11)9(12)7-4-2-1-3-5-7/h1-5,8-12H,6H2/t8?,9-/m1/s1. The fourth-order valence-corrected chi connectivity index (χ4v) is 0.972. The maximum absolute atomic E-state index is 9.38. The Balaban J connectivity index is 2.71. The molecule has 0 radical (unpaired) electrons. The van der Waals surface area contributed by atoms with Gasteiger partial charge in [0.1, 0.15) is 12.2 Å². The summed E-state index contributed by atoms with van der Waals surface area (Å²) in [4.78, 5) is 0. The Hall–Kier alpha value is -0.900. The average molecular weight is 168 g/mol. The van der Waals surface area contributed by atoms with Crippen molar-refractivity contribution in [3.05, 3.63) is 35.9 Å². The average Bonchev–Trinajstić information content (AvgIpc) is 2.17. The lowest BCUT2D eigenvalue weighted by molar-refractivity contribution is -0.0152. The minimum absolute atomic E-state index is 0.434. The second-order valence-corrected chi connectivity index (χ2v) is 2.61. The number of aliphatic hydroxyl groups is 3. The molecule has 0 aliphatic carbocycles. The van der Waals surface area contributed by atoms with E-state index in [0.717, 1.165) is 0 Å². The second kappa shape index (κ2) is 4.21. The first-order chi connectivity index (χ1) is 5.75. The first-order valence-corrected chi connectivity index (χ1v) is 3.77. The van der Waals surface area contributed by atoms with E-state index >= 15 is 0 Å². The number of hydrogen-bond acceptors (Lipinski definition) is 3. The van der Waals surface area contributed by atoms with Gasteiger partial charge in [-0.15, -0.1) is 0 Å². The molecule has 1 aromatic carbocycles. The van der Waals surface area contributed by atoms with Crippen LogP contribution in [0.15, 0.2) is 30.3 Å². The van der Waals surface area contributed by atoms with Gasteiger partial charge in [0, 0.05) is 0 Å². The van der Waals surface area contributed by atoms with Crippen molar-refractivity contribution < 1.29 is 15.3 Å². The summed E-state index contributed by atoms with van der Waals surface area (Å²) in [5.41, 5.74) is 0.610. The molecule has 1 rings (SSSR count). The van der Waals surface area contributed by atoms with Gasteiger partial charge in [-0.05, 0) is 5.56 Å². The molecule has 3 heteroatoms. The van der Waals surface area contributed by atoms with E-state index in [9.17, 15) is 5.11 Å². The van der Waals surface area contributed by atoms with Crippen molar-refractivity contribution in [3.63, 3.8) is 0 Å². The summed E-state index contributed by atoms with van der Waals surface area (Å²) in [6, 6.07) is 8.75. The molecule has 0 saturated heterocycles. The van der Waals surface area contributed by atoms with Gasteiger partial charge in [0.2, 0.25) is 0 Å². The molecule has 0 heterocycles. The summed E-state index contributed by atoms with van der Waals surface area (Å²) in [7, 11) is 0. The quantitative estimate of drug-likeness (QED) is 0.598. The van der Waals surface area contributed by atoms with Crippen molar-refractivity contribution in [2.75, 3.05) is 6.61 Å². The van der Waals surface area contributed by atoms with Crippen molar-refractivity contribution >= 4 is 0 Å². The Morgan fingerprint density at radius 2 is 1.67 bits per heavy atom. The van der Waals surface area contributed by atoms with Gasteiger partial charge in [-0.25, -0.2) is 0 Å². The fourth-order valence-electron chi connectivity index (χ4n) is 0.972. The van der Waals surface area contributed by atoms with Crippen LogP contribution in [0.25, 0.3) is 0 Å². The molecule has 0 spiro atoms. The summed E-state index contributed by atoms with van der Waals surface area (Å²) in [6.07, 6.45) is -2.11. The molecule has 0 amide bonds. The highest BCUT2D eigenvalue weighted by atomic mass is 16.4. The number of aliphatic hydroxyl groups excluding tert-OH is 3. The molecule has 12 heavy (non-hydrogen) atoms. The van der Waals surface area contributed by atoms with Crippen LogP contribution in [0.4, 0.5) is 0 Å². The smallest absolute Gasteiger partial charge is 0.107 e. The highest BCUT2D eigenvalue weighted by molar-refractivity contribution is 5.18. The highest BCUT2D eigenvalue weighted by Gasteiger charge is 2.16. The van der Waals surface area contributed by atoms with E-state index < -0.39 is 18.8 Å². The largest absolute Gasteiger partial charge is 0.394 e. The van der Waals surface area contributed by atoms with Crippen molar-refractivity contribution in [3.8, 4) is 0 Å². The van der Waals surface area contributed by atoms with E-state index in [1.165, 1.54) is 0 Å². The summed E-state index contributed by atoms with van der Waals surface area (Å²) >= 11 is 0. The van der Waals surface area contributed by atoms with Gasteiger partial charge in [0.25, 0.3) is 0 Å². The second-order valence-electron chi connectivity index (χ2n) is 2.61. The normalized spacial score (nSPS) is 15.6. The lowest BCUT2D eigenvalue weighted by Crippen LogP contribution is -2.21. The van der Waals surface area contributed by atoms with Crippen LogP contribution in [-0.4, -0.2) is 28.0 Å². The van der Waals surface area contributed by atoms with Crippen LogP contribution in [0.3, 0.4) is 0 Å². The summed E-state index contributed by atoms with van der Waals surface area (Å²) in [5.74, 6) is 0. The summed E-state index contributed by atoms with van der Waals surface area (Å²) in [6.45, 7) is -0.434. The van der Waals surface area contributed by atoms with Gasteiger partial charge < -0.3 is 15.3 Å². The molecule has 3 N–H and O–H groups in total. The molecule has 0 aromatic heterocycles. The van der Waals surface area contributed by atoms with Gasteiger partial charge in [-0.2, -0.15) is 0 Å². The molecule has 0 aliphatic rings. The van der Waals surface area contributed by atoms with Gasteiger partial charge in [0.15, 0.2) is 0 Å². The van der Waals surface area contributed by atoms with Crippen LogP contribution in [0.5, 0.6) is 0 Å². The lowest BCUT2D eigenvalue weighted by atomic mass is 10.1. The van der Waals surface area contributed by atoms with Gasteiger partial charge in [-0.3, -0.25) is 0 Å². The third-order valence-electron chi connectivity index (χ3n) is 1.69. The SMILES string of the molecule is OCC(O)[C@H](O)c1ccccc1. The molecule has 1 unspecified atom stereocenters. The molecule has 0 aliphatic heterocycles. The van der Waals surface area contributed by atoms with E-state index in [0.29, 0.717) is 5.56 Å². The predicted octanol–water partition coefficient (Wildman–Crippen LogP) is 0.0732. The Bertz CT molecular complexity index is 222. The Morgan fingerprint density at radius 1 is 1.08 bits per heavy atom. The maximum atomic E-state index is 9.38. The topological polar surface area (TPSA) is 60.7 Å². The molecule has 0 saturated carbocycles. The van der Waals surface area contributed by atoms with Crippen LogP contribution in [-0.2, 0) is 0 Å². The Labute approximate surface area is 70.9 Å². The van der Waals surface area contributed by atoms with Crippen molar-refractivity contribution in [1.82, 2.24) is 0 Å². The van der Waals surface area contributed by atoms with Crippen molar-refractivity contribution in [1.29, 1.82) is 0 Å². The molecule has 3 nitrogen and oxygen atoms in total. The van der Waals surface area contributed by atoms with Crippen LogP contribution in [0, 0.1) is 0 Å². The van der Waals surface area contributed by atoms with Crippen LogP contribution >= 0.6 is 0 Å². The Kier molecular flexibility index (Phi) is 3.22. The maximum Gasteiger partial charge on any atom is 0.107 e. The fraction of sp³-hybridized carbons (Fsp3) is 0.333. The zero-order valence-electron chi connectivity index (χ0n) is 6.59. The summed E-state index contributed by atoms with van der Waals surface area (Å²) < 4.78 is 0. The zero-order valence-corrected chi connectivity index (χ0v) is 6.59. The first-order valence-electron chi connectivity index (χ1n) is 3.77. The highest BCUT2D eigenvalue weighted by Crippen LogP contribution is 2.15. The number of benzene rings is 1. The third kappa shape index (κ3) is 2.04. The Morgan fingerprint density at radius 3 is 2.17 bits per heavy atom. The van der Waals surface area contributed by atoms with E-state index in [2.05, 4.69) is 0 Å². The minimum atomic E-state index is -1.10. The minimum Gasteiger partial charge on any atom is -0.394 e. The molecule has 2 atom stereocenters. The molecule has 66 valence electrons. The predicted molar refractivity (Wildman–Crippen MR) is 44.5 cm³/mol. The van der Waals surface area contributed by atoms with Crippen molar-refractivity contribution in [2.24, 2.45) is 0 Å². The van der Waals surface area contributed by atoms with E-state index in [4.69, 9.17) is 10.2 Å². The zero-order chi connectivity index (χ0) is 8.97. The van der Waals surface area contributed by atoms with Crippen LogP contribution in [0.1, 0.15) is 11.7 Å². The molecule has 1 aromatic rings. The first kappa shape index (κ1) is 9.19. The van der Waals surface area contributed by atoms with Gasteiger partial charge >= 0.3 is 0 Å². The number of hydrogen-bond donors (Lipinski definition) is 3. The molecular formula is C9H12O3. The van der Waals surface area contributed by atoms with Gasteiger partial charge in [-0.1, -0.05) is 30.3 Å². The third-order valence-corrected chi connectivity index (χ3v) is 1.69. The monoisotopic (exact) mass is 168 g/mol. The van der Waals surface area contributed by atoms with E-state index in [1.54, 1.807) is 24.3 Å². The van der Waals surface area contributed by atoms with E-state index in [-0.39, 0.29) is 0 Å². The summed E-state index contributed by atoms with van der Waals surface area (Å²) in [5, 5.41) is 27.0. The van der Waals surface area contributed by atoms with Crippen LogP contribution in [0.2, 0.25) is 0 Å². The molecule has 0 fully saturated rings. The van der Waals surface area contributed by atoms with Gasteiger partial charge in [0.05, 0.1) is 6.61 Å². The molecule has 0 bridgehead atoms. The van der Waals surface area contributed by atoms with Crippen LogP contribution < -0.4 is 0 Å². The van der Waals surface area contributed by atoms with Crippen molar-refractivity contribution in [2.45, 2.75) is 12.2 Å². The molecular weight excluding hydrogens is 156 g/mol. The lowest BCUT2D eigenvalue weighted by Gasteiger charge is -2.15.